The molecule has 21 heavy (non-hydrogen) atoms. The Hall–Kier alpha value is -0.710. The summed E-state index contributed by atoms with van der Waals surface area (Å²) >= 11 is 0.774. The fourth-order valence-corrected chi connectivity index (χ4v) is 3.77. The maximum absolute atomic E-state index is 12.9. The quantitative estimate of drug-likeness (QED) is 0.331. The molecule has 0 aromatic heterocycles. The molecule has 1 rings (SSSR count). The van der Waals surface area contributed by atoms with Crippen LogP contribution in [0.3, 0.4) is 0 Å². The molecule has 0 aliphatic rings. The Morgan fingerprint density at radius 2 is 1.90 bits per heavy atom. The Bertz CT molecular complexity index is 631. The van der Waals surface area contributed by atoms with Crippen molar-refractivity contribution in [3.8, 4) is 0 Å². The van der Waals surface area contributed by atoms with Crippen LogP contribution in [0.15, 0.2) is 28.0 Å². The highest BCUT2D eigenvalue weighted by Gasteiger charge is 2.40. The molecule has 1 unspecified atom stereocenters. The molecule has 0 heterocycles. The van der Waals surface area contributed by atoms with E-state index in [4.69, 9.17) is 0 Å². The first kappa shape index (κ1) is 18.3. The zero-order chi connectivity index (χ0) is 16.3. The van der Waals surface area contributed by atoms with E-state index in [2.05, 4.69) is 13.5 Å². The van der Waals surface area contributed by atoms with Crippen molar-refractivity contribution in [3.63, 3.8) is 0 Å². The molecule has 6 nitrogen and oxygen atoms in total. The first-order chi connectivity index (χ1) is 9.63. The fraction of sp³-hybridized carbons (Fsp3) is 0.333. The van der Waals surface area contributed by atoms with Crippen molar-refractivity contribution in [1.82, 2.24) is 0 Å². The number of hydrogen-bond acceptors (Lipinski definition) is 7. The maximum atomic E-state index is 12.9. The average Bonchev–Trinajstić information content (AvgIpc) is 2.42. The van der Waals surface area contributed by atoms with Gasteiger partial charge in [-0.1, -0.05) is 10.4 Å². The lowest BCUT2D eigenvalue weighted by Gasteiger charge is -2.13. The van der Waals surface area contributed by atoms with E-state index in [-0.39, 0.29) is 4.90 Å². The van der Waals surface area contributed by atoms with Gasteiger partial charge in [-0.2, -0.15) is 21.6 Å². The smallest absolute Gasteiger partial charge is 0.191 e. The van der Waals surface area contributed by atoms with Crippen LogP contribution in [0.25, 0.3) is 0 Å². The van der Waals surface area contributed by atoms with Gasteiger partial charge in [-0.05, 0) is 18.4 Å². The Labute approximate surface area is 123 Å². The summed E-state index contributed by atoms with van der Waals surface area (Å²) in [5.74, 6) is 0. The lowest BCUT2D eigenvalue weighted by molar-refractivity contribution is -0.141. The second-order valence-corrected chi connectivity index (χ2v) is 6.60. The van der Waals surface area contributed by atoms with E-state index in [9.17, 15) is 26.2 Å². The molecule has 1 aromatic rings. The van der Waals surface area contributed by atoms with Crippen LogP contribution in [-0.2, 0) is 34.4 Å². The molecule has 0 N–H and O–H groups in total. The van der Waals surface area contributed by atoms with Crippen molar-refractivity contribution < 1.29 is 39.7 Å². The second kappa shape index (κ2) is 7.03. The van der Waals surface area contributed by atoms with Crippen LogP contribution in [0.4, 0.5) is 13.2 Å². The van der Waals surface area contributed by atoms with Crippen molar-refractivity contribution in [2.24, 2.45) is 0 Å². The monoisotopic (exact) mass is 365 g/mol. The topological polar surface area (TPSA) is 78.9 Å². The third-order valence-corrected chi connectivity index (χ3v) is 4.78. The summed E-state index contributed by atoms with van der Waals surface area (Å²) in [5, 5.41) is 0. The van der Waals surface area contributed by atoms with Gasteiger partial charge in [-0.15, -0.1) is 16.3 Å². The number of thioether (sulfide) groups is 1. The molecular weight excluding hydrogens is 356 g/mol. The van der Waals surface area contributed by atoms with Crippen molar-refractivity contribution >= 4 is 30.1 Å². The Kier molecular flexibility index (Phi) is 6.14. The highest BCUT2D eigenvalue weighted by molar-refractivity contribution is 7.99. The first-order valence-corrected chi connectivity index (χ1v) is 8.73. The lowest BCUT2D eigenvalue weighted by Crippen LogP contribution is -2.16. The van der Waals surface area contributed by atoms with Crippen molar-refractivity contribution in [2.45, 2.75) is 16.0 Å². The number of rotatable bonds is 6. The molecule has 0 amide bonds. The van der Waals surface area contributed by atoms with Gasteiger partial charge >= 0.3 is 24.5 Å². The molecular formula is C9H9F3O6PS2+. The first-order valence-electron chi connectivity index (χ1n) is 5.00. The van der Waals surface area contributed by atoms with Gasteiger partial charge in [0.15, 0.2) is 0 Å². The van der Waals surface area contributed by atoms with Gasteiger partial charge in [0, 0.05) is 9.46 Å². The zero-order valence-corrected chi connectivity index (χ0v) is 13.1. The Balaban J connectivity index is 3.36. The third kappa shape index (κ3) is 4.63. The van der Waals surface area contributed by atoms with Gasteiger partial charge in [-0.3, -0.25) is 0 Å². The van der Waals surface area contributed by atoms with Gasteiger partial charge in [0.1, 0.15) is 4.90 Å². The Morgan fingerprint density at radius 3 is 2.38 bits per heavy atom. The average molecular weight is 365 g/mol. The molecule has 12 heteroatoms. The standard InChI is InChI=1S/C9H9F3O6PS2/c1-16-19(13)17-18-21(14,15)8-6(9(10,11)12)4-3-5-7(8)20-2/h3-5H,1-2H3/q+1. The lowest BCUT2D eigenvalue weighted by atomic mass is 10.2. The summed E-state index contributed by atoms with van der Waals surface area (Å²) in [6.45, 7) is 0. The highest BCUT2D eigenvalue weighted by atomic mass is 32.2. The molecule has 118 valence electrons. The molecule has 0 aliphatic heterocycles. The van der Waals surface area contributed by atoms with Crippen LogP contribution in [0.5, 0.6) is 0 Å². The minimum Gasteiger partial charge on any atom is -0.191 e. The minimum absolute atomic E-state index is 0.193. The van der Waals surface area contributed by atoms with E-state index < -0.39 is 35.0 Å². The summed E-state index contributed by atoms with van der Waals surface area (Å²) in [6.07, 6.45) is -3.52. The largest absolute Gasteiger partial charge is 0.729 e. The van der Waals surface area contributed by atoms with E-state index in [1.54, 1.807) is 0 Å². The number of hydrogen-bond donors (Lipinski definition) is 0. The van der Waals surface area contributed by atoms with Crippen LogP contribution in [0.1, 0.15) is 5.56 Å². The van der Waals surface area contributed by atoms with E-state index in [1.165, 1.54) is 12.3 Å². The fourth-order valence-electron chi connectivity index (χ4n) is 1.29. The SMILES string of the molecule is CO[P+](=O)OOS(=O)(=O)c1c(SC)cccc1C(F)(F)F. The zero-order valence-electron chi connectivity index (χ0n) is 10.6. The molecule has 0 spiro atoms. The van der Waals surface area contributed by atoms with Gasteiger partial charge in [0.2, 0.25) is 0 Å². The third-order valence-electron chi connectivity index (χ3n) is 2.08. The van der Waals surface area contributed by atoms with Gasteiger partial charge in [-0.25, -0.2) is 0 Å². The van der Waals surface area contributed by atoms with E-state index in [0.29, 0.717) is 6.07 Å². The minimum atomic E-state index is -4.95. The van der Waals surface area contributed by atoms with Crippen molar-refractivity contribution in [3.05, 3.63) is 23.8 Å². The molecule has 0 fully saturated rings. The predicted molar refractivity (Wildman–Crippen MR) is 67.2 cm³/mol. The van der Waals surface area contributed by atoms with Crippen LogP contribution in [0, 0.1) is 0 Å². The Morgan fingerprint density at radius 1 is 1.29 bits per heavy atom. The number of alkyl halides is 3. The summed E-state index contributed by atoms with van der Waals surface area (Å²) < 4.78 is 85.1. The van der Waals surface area contributed by atoms with Crippen LogP contribution < -0.4 is 0 Å². The molecule has 0 saturated heterocycles. The molecule has 0 bridgehead atoms. The van der Waals surface area contributed by atoms with Gasteiger partial charge in [0.05, 0.1) is 17.3 Å². The van der Waals surface area contributed by atoms with E-state index >= 15 is 0 Å². The van der Waals surface area contributed by atoms with Crippen molar-refractivity contribution in [1.29, 1.82) is 0 Å². The van der Waals surface area contributed by atoms with Crippen molar-refractivity contribution in [2.75, 3.05) is 13.4 Å². The summed E-state index contributed by atoms with van der Waals surface area (Å²) in [6, 6.07) is 2.82. The highest BCUT2D eigenvalue weighted by Crippen LogP contribution is 2.40. The molecule has 0 aliphatic carbocycles. The molecule has 1 atom stereocenters. The van der Waals surface area contributed by atoms with Crippen LogP contribution >= 0.6 is 20.0 Å². The summed E-state index contributed by atoms with van der Waals surface area (Å²) in [4.78, 5) is -1.30. The molecule has 0 radical (unpaired) electrons. The summed E-state index contributed by atoms with van der Waals surface area (Å²) in [5.41, 5.74) is -1.41. The van der Waals surface area contributed by atoms with Crippen LogP contribution in [-0.4, -0.2) is 21.8 Å². The van der Waals surface area contributed by atoms with Crippen LogP contribution in [0.2, 0.25) is 0 Å². The normalized spacial score (nSPS) is 13.3. The second-order valence-electron chi connectivity index (χ2n) is 3.34. The van der Waals surface area contributed by atoms with Gasteiger partial charge in [0.25, 0.3) is 0 Å². The maximum Gasteiger partial charge on any atom is 0.729 e. The summed E-state index contributed by atoms with van der Waals surface area (Å²) in [7, 11) is -6.94. The van der Waals surface area contributed by atoms with E-state index in [0.717, 1.165) is 24.9 Å². The number of halogens is 3. The molecule has 1 aromatic carbocycles. The predicted octanol–water partition coefficient (Wildman–Crippen LogP) is 3.37. The molecule has 0 saturated carbocycles. The van der Waals surface area contributed by atoms with E-state index in [1.807, 2.05) is 0 Å². The number of benzene rings is 1. The van der Waals surface area contributed by atoms with Gasteiger partial charge < -0.3 is 0 Å².